The third-order valence-corrected chi connectivity index (χ3v) is 8.05. The minimum atomic E-state index is -0.196. The number of nitrogens with zero attached hydrogens (tertiary/aromatic N) is 4. The van der Waals surface area contributed by atoms with Crippen LogP contribution in [0.5, 0.6) is 0 Å². The normalized spacial score (nSPS) is 25.4. The van der Waals surface area contributed by atoms with E-state index >= 15 is 0 Å². The molecular weight excluding hydrogens is 398 g/mol. The molecule has 5 rings (SSSR count). The number of rotatable bonds is 4. The van der Waals surface area contributed by atoms with Gasteiger partial charge < -0.3 is 15.4 Å². The predicted molar refractivity (Wildman–Crippen MR) is 119 cm³/mol. The summed E-state index contributed by atoms with van der Waals surface area (Å²) in [6.45, 7) is 7.02. The number of anilines is 1. The largest absolute Gasteiger partial charge is 0.379 e. The molecule has 0 spiro atoms. The fraction of sp³-hybridized carbons (Fsp3) is 0.682. The summed E-state index contributed by atoms with van der Waals surface area (Å²) in [6.07, 6.45) is 6.57. The van der Waals surface area contributed by atoms with E-state index in [2.05, 4.69) is 16.7 Å². The second kappa shape index (κ2) is 8.40. The van der Waals surface area contributed by atoms with Gasteiger partial charge in [-0.25, -0.2) is 9.97 Å². The monoisotopic (exact) mass is 429 g/mol. The van der Waals surface area contributed by atoms with Gasteiger partial charge in [-0.2, -0.15) is 0 Å². The van der Waals surface area contributed by atoms with Crippen LogP contribution in [0.4, 0.5) is 5.82 Å². The van der Waals surface area contributed by atoms with Crippen LogP contribution in [0.1, 0.15) is 48.9 Å². The fourth-order valence-corrected chi connectivity index (χ4v) is 6.33. The number of morpholine rings is 1. The van der Waals surface area contributed by atoms with Crippen LogP contribution >= 0.6 is 11.3 Å². The Kier molecular flexibility index (Phi) is 5.64. The average Bonchev–Trinajstić information content (AvgIpc) is 3.12. The number of nitrogens with two attached hydrogens (primary N) is 1. The van der Waals surface area contributed by atoms with Crippen LogP contribution in [0.15, 0.2) is 0 Å². The molecule has 4 heterocycles. The Labute approximate surface area is 181 Å². The standard InChI is InChI=1S/C22H31N5O2S/c1-14-6-7-15(20(23)28)12-27(14)21-19-16-4-2-3-5-17(16)30-22(19)25-18(24-21)13-26-8-10-29-11-9-26/h14-15H,2-13H2,1H3,(H2,23,28). The summed E-state index contributed by atoms with van der Waals surface area (Å²) >= 11 is 1.85. The fourth-order valence-electron chi connectivity index (χ4n) is 5.05. The number of thiophene rings is 1. The lowest BCUT2D eigenvalue weighted by Crippen LogP contribution is -2.46. The molecule has 2 aromatic rings. The molecule has 3 aliphatic rings. The summed E-state index contributed by atoms with van der Waals surface area (Å²) in [5.41, 5.74) is 7.14. The van der Waals surface area contributed by atoms with Crippen molar-refractivity contribution in [3.05, 3.63) is 16.3 Å². The molecule has 30 heavy (non-hydrogen) atoms. The molecule has 8 heteroatoms. The molecule has 0 saturated carbocycles. The SMILES string of the molecule is CC1CCC(C(N)=O)CN1c1nc(CN2CCOCC2)nc2sc3c(c12)CCCC3. The maximum Gasteiger partial charge on any atom is 0.222 e. The van der Waals surface area contributed by atoms with E-state index in [9.17, 15) is 4.79 Å². The van der Waals surface area contributed by atoms with Crippen LogP contribution in [0.2, 0.25) is 0 Å². The number of hydrogen-bond acceptors (Lipinski definition) is 7. The smallest absolute Gasteiger partial charge is 0.222 e. The van der Waals surface area contributed by atoms with Crippen LogP contribution in [0, 0.1) is 5.92 Å². The van der Waals surface area contributed by atoms with Gasteiger partial charge in [0.2, 0.25) is 5.91 Å². The van der Waals surface area contributed by atoms with Crippen molar-refractivity contribution in [2.75, 3.05) is 37.7 Å². The minimum absolute atomic E-state index is 0.108. The summed E-state index contributed by atoms with van der Waals surface area (Å²) in [6, 6.07) is 0.342. The first-order chi connectivity index (χ1) is 14.6. The Morgan fingerprint density at radius 3 is 2.80 bits per heavy atom. The van der Waals surface area contributed by atoms with Gasteiger partial charge in [-0.15, -0.1) is 11.3 Å². The van der Waals surface area contributed by atoms with Gasteiger partial charge in [0.25, 0.3) is 0 Å². The van der Waals surface area contributed by atoms with E-state index in [4.69, 9.17) is 20.4 Å². The number of carbonyl (C=O) groups is 1. The van der Waals surface area contributed by atoms with Crippen molar-refractivity contribution in [1.29, 1.82) is 0 Å². The summed E-state index contributed by atoms with van der Waals surface area (Å²) in [5.74, 6) is 1.61. The number of amides is 1. The van der Waals surface area contributed by atoms with Gasteiger partial charge >= 0.3 is 0 Å². The van der Waals surface area contributed by atoms with Crippen molar-refractivity contribution in [2.45, 2.75) is 58.0 Å². The number of hydrogen-bond donors (Lipinski definition) is 1. The molecule has 2 aliphatic heterocycles. The molecule has 0 bridgehead atoms. The van der Waals surface area contributed by atoms with Crippen LogP contribution in [-0.4, -0.2) is 59.7 Å². The third kappa shape index (κ3) is 3.81. The minimum Gasteiger partial charge on any atom is -0.379 e. The summed E-state index contributed by atoms with van der Waals surface area (Å²) in [4.78, 5) is 29.4. The molecule has 7 nitrogen and oxygen atoms in total. The molecule has 0 radical (unpaired) electrons. The second-order valence-electron chi connectivity index (χ2n) is 8.92. The zero-order chi connectivity index (χ0) is 20.7. The average molecular weight is 430 g/mol. The second-order valence-corrected chi connectivity index (χ2v) is 10.0. The van der Waals surface area contributed by atoms with Gasteiger partial charge in [0.15, 0.2) is 0 Å². The van der Waals surface area contributed by atoms with E-state index in [-0.39, 0.29) is 11.8 Å². The maximum absolute atomic E-state index is 12.0. The Balaban J connectivity index is 1.58. The van der Waals surface area contributed by atoms with Crippen molar-refractivity contribution < 1.29 is 9.53 Å². The molecule has 2 atom stereocenters. The number of piperidine rings is 1. The summed E-state index contributed by atoms with van der Waals surface area (Å²) < 4.78 is 5.50. The third-order valence-electron chi connectivity index (χ3n) is 6.87. The summed E-state index contributed by atoms with van der Waals surface area (Å²) in [7, 11) is 0. The molecule has 1 aliphatic carbocycles. The predicted octanol–water partition coefficient (Wildman–Crippen LogP) is 2.49. The molecule has 162 valence electrons. The molecule has 1 amide bonds. The molecule has 0 aromatic carbocycles. The first kappa shape index (κ1) is 20.2. The van der Waals surface area contributed by atoms with Gasteiger partial charge in [-0.1, -0.05) is 0 Å². The highest BCUT2D eigenvalue weighted by Gasteiger charge is 2.32. The van der Waals surface area contributed by atoms with Gasteiger partial charge in [0.05, 0.1) is 31.1 Å². The lowest BCUT2D eigenvalue weighted by molar-refractivity contribution is -0.122. The zero-order valence-electron chi connectivity index (χ0n) is 17.7. The van der Waals surface area contributed by atoms with Crippen LogP contribution in [0.3, 0.4) is 0 Å². The topological polar surface area (TPSA) is 84.6 Å². The number of ether oxygens (including phenoxy) is 1. The number of aryl methyl sites for hydroxylation is 2. The number of carbonyl (C=O) groups excluding carboxylic acids is 1. The molecule has 2 aromatic heterocycles. The molecular formula is C22H31N5O2S. The highest BCUT2D eigenvalue weighted by Crippen LogP contribution is 2.41. The van der Waals surface area contributed by atoms with E-state index in [1.165, 1.54) is 28.7 Å². The Morgan fingerprint density at radius 1 is 1.20 bits per heavy atom. The summed E-state index contributed by atoms with van der Waals surface area (Å²) in [5, 5.41) is 1.23. The van der Waals surface area contributed by atoms with Crippen molar-refractivity contribution in [3.8, 4) is 0 Å². The number of primary amides is 1. The number of fused-ring (bicyclic) bond motifs is 3. The quantitative estimate of drug-likeness (QED) is 0.804. The number of aromatic nitrogens is 2. The first-order valence-electron chi connectivity index (χ1n) is 11.3. The van der Waals surface area contributed by atoms with Crippen LogP contribution in [0.25, 0.3) is 10.2 Å². The molecule has 2 unspecified atom stereocenters. The van der Waals surface area contributed by atoms with E-state index in [1.807, 2.05) is 11.3 Å². The molecule has 2 saturated heterocycles. The van der Waals surface area contributed by atoms with Gasteiger partial charge in [-0.05, 0) is 51.0 Å². The Bertz CT molecular complexity index is 939. The highest BCUT2D eigenvalue weighted by atomic mass is 32.1. The highest BCUT2D eigenvalue weighted by molar-refractivity contribution is 7.19. The Hall–Kier alpha value is -1.77. The van der Waals surface area contributed by atoms with Crippen molar-refractivity contribution >= 4 is 33.3 Å². The zero-order valence-corrected chi connectivity index (χ0v) is 18.5. The van der Waals surface area contributed by atoms with E-state index in [1.54, 1.807) is 0 Å². The van der Waals surface area contributed by atoms with Gasteiger partial charge in [0, 0.05) is 30.6 Å². The Morgan fingerprint density at radius 2 is 2.00 bits per heavy atom. The van der Waals surface area contributed by atoms with Gasteiger partial charge in [-0.3, -0.25) is 9.69 Å². The van der Waals surface area contributed by atoms with Crippen LogP contribution in [-0.2, 0) is 28.9 Å². The van der Waals surface area contributed by atoms with E-state index in [0.717, 1.165) is 75.0 Å². The van der Waals surface area contributed by atoms with Crippen molar-refractivity contribution in [3.63, 3.8) is 0 Å². The molecule has 2 fully saturated rings. The van der Waals surface area contributed by atoms with Gasteiger partial charge in [0.1, 0.15) is 16.5 Å². The first-order valence-corrected chi connectivity index (χ1v) is 12.1. The lowest BCUT2D eigenvalue weighted by atomic mass is 9.92. The van der Waals surface area contributed by atoms with E-state index < -0.39 is 0 Å². The van der Waals surface area contributed by atoms with E-state index in [0.29, 0.717) is 12.6 Å². The van der Waals surface area contributed by atoms with Crippen LogP contribution < -0.4 is 10.6 Å². The maximum atomic E-state index is 12.0. The lowest BCUT2D eigenvalue weighted by Gasteiger charge is -2.38. The van der Waals surface area contributed by atoms with Crippen molar-refractivity contribution in [2.24, 2.45) is 11.7 Å². The van der Waals surface area contributed by atoms with Crippen molar-refractivity contribution in [1.82, 2.24) is 14.9 Å². The molecule has 2 N–H and O–H groups in total.